The number of halogens is 4. The molecule has 8 heteroatoms. The Hall–Kier alpha value is -0.790. The van der Waals surface area contributed by atoms with Crippen molar-refractivity contribution in [1.29, 1.82) is 0 Å². The molecule has 1 atom stereocenters. The molecule has 1 rings (SSSR count). The van der Waals surface area contributed by atoms with Crippen molar-refractivity contribution >= 4 is 21.7 Å². The van der Waals surface area contributed by atoms with Crippen molar-refractivity contribution in [1.82, 2.24) is 0 Å². The third-order valence-corrected chi connectivity index (χ3v) is 2.95. The normalized spacial score (nSPS) is 14.6. The minimum atomic E-state index is -4.60. The van der Waals surface area contributed by atoms with Gasteiger partial charge in [0.25, 0.3) is 10.1 Å². The smallest absolute Gasteiger partial charge is 0.262 e. The molecule has 1 unspecified atom stereocenters. The van der Waals surface area contributed by atoms with Crippen molar-refractivity contribution in [3.05, 3.63) is 34.3 Å². The minimum Gasteiger partial charge on any atom is -0.262 e. The fourth-order valence-corrected chi connectivity index (χ4v) is 2.25. The molecule has 18 heavy (non-hydrogen) atoms. The Bertz CT molecular complexity index is 540. The zero-order chi connectivity index (χ0) is 14.1. The number of rotatable bonds is 3. The summed E-state index contributed by atoms with van der Waals surface area (Å²) in [7, 11) is -3.86. The first-order valence-corrected chi connectivity index (χ1v) is 6.95. The molecule has 0 saturated heterocycles. The van der Waals surface area contributed by atoms with Crippen LogP contribution in [-0.2, 0) is 20.5 Å². The van der Waals surface area contributed by atoms with Crippen LogP contribution in [0.4, 0.5) is 13.2 Å². The molecule has 0 heterocycles. The Morgan fingerprint density at radius 2 is 1.89 bits per heavy atom. The van der Waals surface area contributed by atoms with Gasteiger partial charge in [-0.15, -0.1) is 0 Å². The first-order valence-electron chi connectivity index (χ1n) is 4.75. The molecular formula is C10H10ClF3O3S. The van der Waals surface area contributed by atoms with Gasteiger partial charge in [-0.3, -0.25) is 4.18 Å². The lowest BCUT2D eigenvalue weighted by Crippen LogP contribution is -2.14. The maximum absolute atomic E-state index is 12.7. The third-order valence-electron chi connectivity index (χ3n) is 2.08. The lowest BCUT2D eigenvalue weighted by atomic mass is 10.0. The molecule has 0 aliphatic carbocycles. The molecule has 0 aliphatic heterocycles. The van der Waals surface area contributed by atoms with Crippen LogP contribution in [0.1, 0.15) is 24.2 Å². The molecule has 0 N–H and O–H groups in total. The first-order chi connectivity index (χ1) is 8.00. The summed E-state index contributed by atoms with van der Waals surface area (Å²) >= 11 is 5.61. The monoisotopic (exact) mass is 302 g/mol. The van der Waals surface area contributed by atoms with Crippen molar-refractivity contribution in [3.63, 3.8) is 0 Å². The van der Waals surface area contributed by atoms with E-state index in [0.717, 1.165) is 24.5 Å². The van der Waals surface area contributed by atoms with Gasteiger partial charge in [0.15, 0.2) is 0 Å². The Labute approximate surface area is 108 Å². The Morgan fingerprint density at radius 1 is 1.33 bits per heavy atom. The summed E-state index contributed by atoms with van der Waals surface area (Å²) in [5, 5.41) is 0.0713. The summed E-state index contributed by atoms with van der Waals surface area (Å²) < 4.78 is 64.6. The molecule has 0 bridgehead atoms. The maximum atomic E-state index is 12.7. The van der Waals surface area contributed by atoms with Crippen molar-refractivity contribution in [3.8, 4) is 0 Å². The number of benzene rings is 1. The van der Waals surface area contributed by atoms with E-state index in [1.54, 1.807) is 0 Å². The van der Waals surface area contributed by atoms with Gasteiger partial charge in [-0.1, -0.05) is 11.6 Å². The average molecular weight is 303 g/mol. The summed E-state index contributed by atoms with van der Waals surface area (Å²) in [6, 6.07) is 2.92. The molecule has 0 aliphatic rings. The third kappa shape index (κ3) is 4.15. The molecule has 3 nitrogen and oxygen atoms in total. The van der Waals surface area contributed by atoms with E-state index < -0.39 is 28.0 Å². The number of hydrogen-bond donors (Lipinski definition) is 0. The average Bonchev–Trinajstić information content (AvgIpc) is 2.12. The molecule has 0 fully saturated rings. The van der Waals surface area contributed by atoms with Crippen molar-refractivity contribution in [2.24, 2.45) is 0 Å². The molecule has 0 spiro atoms. The van der Waals surface area contributed by atoms with E-state index in [-0.39, 0.29) is 10.6 Å². The highest BCUT2D eigenvalue weighted by Gasteiger charge is 2.35. The van der Waals surface area contributed by atoms with Crippen LogP contribution < -0.4 is 0 Å². The highest BCUT2D eigenvalue weighted by molar-refractivity contribution is 7.86. The van der Waals surface area contributed by atoms with Crippen LogP contribution in [0.15, 0.2) is 18.2 Å². The zero-order valence-electron chi connectivity index (χ0n) is 9.45. The maximum Gasteiger partial charge on any atom is 0.416 e. The van der Waals surface area contributed by atoms with Gasteiger partial charge in [-0.2, -0.15) is 21.6 Å². The van der Waals surface area contributed by atoms with Gasteiger partial charge in [0, 0.05) is 5.02 Å². The fraction of sp³-hybridized carbons (Fsp3) is 0.400. The summed E-state index contributed by atoms with van der Waals surface area (Å²) in [4.78, 5) is 0. The van der Waals surface area contributed by atoms with E-state index in [9.17, 15) is 21.6 Å². The first kappa shape index (κ1) is 15.3. The SMILES string of the molecule is CC(OS(C)(=O)=O)c1cc(Cl)ccc1C(F)(F)F. The molecule has 1 aromatic carbocycles. The van der Waals surface area contributed by atoms with Crippen LogP contribution in [0.25, 0.3) is 0 Å². The molecule has 0 radical (unpaired) electrons. The Morgan fingerprint density at radius 3 is 2.33 bits per heavy atom. The molecule has 102 valence electrons. The van der Waals surface area contributed by atoms with Gasteiger partial charge >= 0.3 is 6.18 Å². The second kappa shape index (κ2) is 5.07. The predicted molar refractivity (Wildman–Crippen MR) is 60.8 cm³/mol. The number of hydrogen-bond acceptors (Lipinski definition) is 3. The highest BCUT2D eigenvalue weighted by Crippen LogP contribution is 2.37. The Kier molecular flexibility index (Phi) is 4.30. The summed E-state index contributed by atoms with van der Waals surface area (Å²) in [6.07, 6.45) is -5.11. The zero-order valence-corrected chi connectivity index (χ0v) is 11.0. The summed E-state index contributed by atoms with van der Waals surface area (Å²) in [6.45, 7) is 1.21. The molecule has 0 amide bonds. The quantitative estimate of drug-likeness (QED) is 0.804. The summed E-state index contributed by atoms with van der Waals surface area (Å²) in [5.74, 6) is 0. The van der Waals surface area contributed by atoms with E-state index in [4.69, 9.17) is 11.6 Å². The fourth-order valence-electron chi connectivity index (χ4n) is 1.44. The lowest BCUT2D eigenvalue weighted by molar-refractivity contribution is -0.138. The second-order valence-electron chi connectivity index (χ2n) is 3.67. The molecule has 1 aromatic rings. The van der Waals surface area contributed by atoms with E-state index in [0.29, 0.717) is 0 Å². The Balaban J connectivity index is 3.25. The van der Waals surface area contributed by atoms with E-state index in [2.05, 4.69) is 4.18 Å². The second-order valence-corrected chi connectivity index (χ2v) is 5.71. The van der Waals surface area contributed by atoms with Gasteiger partial charge < -0.3 is 0 Å². The van der Waals surface area contributed by atoms with Crippen molar-refractivity contribution in [2.75, 3.05) is 6.26 Å². The van der Waals surface area contributed by atoms with Crippen LogP contribution in [0.2, 0.25) is 5.02 Å². The highest BCUT2D eigenvalue weighted by atomic mass is 35.5. The molecule has 0 aromatic heterocycles. The standard InChI is InChI=1S/C10H10ClF3O3S/c1-6(17-18(2,15)16)8-5-7(11)3-4-9(8)10(12,13)14/h3-6H,1-2H3. The van der Waals surface area contributed by atoms with Gasteiger partial charge in [0.05, 0.1) is 17.9 Å². The van der Waals surface area contributed by atoms with Crippen LogP contribution in [-0.4, -0.2) is 14.7 Å². The van der Waals surface area contributed by atoms with Crippen molar-refractivity contribution < 1.29 is 25.8 Å². The van der Waals surface area contributed by atoms with E-state index in [1.807, 2.05) is 0 Å². The van der Waals surface area contributed by atoms with Gasteiger partial charge in [0.2, 0.25) is 0 Å². The van der Waals surface area contributed by atoms with Gasteiger partial charge in [-0.25, -0.2) is 0 Å². The van der Waals surface area contributed by atoms with E-state index in [1.165, 1.54) is 6.92 Å². The van der Waals surface area contributed by atoms with Gasteiger partial charge in [-0.05, 0) is 30.7 Å². The largest absolute Gasteiger partial charge is 0.416 e. The molecule has 0 saturated carbocycles. The van der Waals surface area contributed by atoms with Crippen LogP contribution in [0.5, 0.6) is 0 Å². The van der Waals surface area contributed by atoms with Gasteiger partial charge in [0.1, 0.15) is 0 Å². The van der Waals surface area contributed by atoms with Crippen LogP contribution in [0, 0.1) is 0 Å². The predicted octanol–water partition coefficient (Wildman–Crippen LogP) is 3.40. The van der Waals surface area contributed by atoms with Crippen LogP contribution >= 0.6 is 11.6 Å². The molecular weight excluding hydrogens is 293 g/mol. The minimum absolute atomic E-state index is 0.0713. The summed E-state index contributed by atoms with van der Waals surface area (Å²) in [5.41, 5.74) is -1.29. The van der Waals surface area contributed by atoms with Crippen molar-refractivity contribution in [2.45, 2.75) is 19.2 Å². The topological polar surface area (TPSA) is 43.4 Å². The number of alkyl halides is 3. The van der Waals surface area contributed by atoms with E-state index >= 15 is 0 Å². The van der Waals surface area contributed by atoms with Crippen LogP contribution in [0.3, 0.4) is 0 Å². The lowest BCUT2D eigenvalue weighted by Gasteiger charge is -2.18.